The topological polar surface area (TPSA) is 12.0 Å². The van der Waals surface area contributed by atoms with E-state index in [0.29, 0.717) is 17.7 Å². The summed E-state index contributed by atoms with van der Waals surface area (Å²) in [5.41, 5.74) is 1.76. The fraction of sp³-hybridized carbons (Fsp3) is 0.200. The van der Waals surface area contributed by atoms with Gasteiger partial charge in [0.2, 0.25) is 0 Å². The van der Waals surface area contributed by atoms with Gasteiger partial charge >= 0.3 is 0 Å². The Morgan fingerprint density at radius 3 is 2.37 bits per heavy atom. The lowest BCUT2D eigenvalue weighted by Gasteiger charge is -2.07. The summed E-state index contributed by atoms with van der Waals surface area (Å²) in [6, 6.07) is 8.42. The summed E-state index contributed by atoms with van der Waals surface area (Å²) in [5.74, 6) is -1.43. The van der Waals surface area contributed by atoms with Gasteiger partial charge < -0.3 is 5.32 Å². The molecule has 0 aromatic heterocycles. The first-order valence-corrected chi connectivity index (χ1v) is 5.96. The summed E-state index contributed by atoms with van der Waals surface area (Å²) in [5, 5.41) is 3.00. The van der Waals surface area contributed by atoms with E-state index in [9.17, 15) is 13.2 Å². The van der Waals surface area contributed by atoms with Crippen LogP contribution >= 0.6 is 0 Å². The highest BCUT2D eigenvalue weighted by atomic mass is 19.1. The lowest BCUT2D eigenvalue weighted by molar-refractivity contribution is 0.559. The molecule has 4 heteroatoms. The molecule has 0 saturated heterocycles. The highest BCUT2D eigenvalue weighted by molar-refractivity contribution is 5.23. The van der Waals surface area contributed by atoms with Crippen LogP contribution in [0.25, 0.3) is 0 Å². The maximum atomic E-state index is 13.4. The van der Waals surface area contributed by atoms with Gasteiger partial charge in [-0.15, -0.1) is 0 Å². The summed E-state index contributed by atoms with van der Waals surface area (Å²) in [7, 11) is 0. The summed E-state index contributed by atoms with van der Waals surface area (Å²) in [6.07, 6.45) is 0. The molecule has 0 atom stereocenters. The van der Waals surface area contributed by atoms with Gasteiger partial charge in [-0.1, -0.05) is 18.2 Å². The van der Waals surface area contributed by atoms with Crippen LogP contribution in [0.3, 0.4) is 0 Å². The third-order valence-corrected chi connectivity index (χ3v) is 2.90. The molecule has 2 rings (SSSR count). The third-order valence-electron chi connectivity index (χ3n) is 2.90. The van der Waals surface area contributed by atoms with Gasteiger partial charge in [0.1, 0.15) is 17.5 Å². The zero-order valence-corrected chi connectivity index (χ0v) is 10.5. The highest BCUT2D eigenvalue weighted by Gasteiger charge is 2.04. The molecule has 0 radical (unpaired) electrons. The average molecular weight is 265 g/mol. The van der Waals surface area contributed by atoms with E-state index in [2.05, 4.69) is 5.32 Å². The Labute approximate surface area is 110 Å². The van der Waals surface area contributed by atoms with Crippen LogP contribution in [0.4, 0.5) is 13.2 Å². The normalized spacial score (nSPS) is 10.7. The second kappa shape index (κ2) is 5.89. The van der Waals surface area contributed by atoms with Crippen LogP contribution in [-0.4, -0.2) is 0 Å². The van der Waals surface area contributed by atoms with Crippen molar-refractivity contribution in [3.05, 3.63) is 70.5 Å². The molecule has 0 amide bonds. The minimum absolute atomic E-state index is 0.257. The largest absolute Gasteiger partial charge is 0.309 e. The van der Waals surface area contributed by atoms with Gasteiger partial charge in [0, 0.05) is 24.7 Å². The Morgan fingerprint density at radius 1 is 0.895 bits per heavy atom. The number of rotatable bonds is 4. The molecular formula is C15H14F3N. The molecule has 1 nitrogen and oxygen atoms in total. The van der Waals surface area contributed by atoms with Gasteiger partial charge in [-0.2, -0.15) is 0 Å². The van der Waals surface area contributed by atoms with E-state index in [-0.39, 0.29) is 12.4 Å². The molecule has 100 valence electrons. The summed E-state index contributed by atoms with van der Waals surface area (Å²) in [4.78, 5) is 0. The van der Waals surface area contributed by atoms with Crippen LogP contribution in [0, 0.1) is 24.4 Å². The first-order valence-electron chi connectivity index (χ1n) is 5.96. The fourth-order valence-electron chi connectivity index (χ4n) is 1.75. The maximum Gasteiger partial charge on any atom is 0.130 e. The van der Waals surface area contributed by atoms with Crippen molar-refractivity contribution in [1.29, 1.82) is 0 Å². The van der Waals surface area contributed by atoms with Crippen molar-refractivity contribution in [2.45, 2.75) is 20.0 Å². The molecule has 19 heavy (non-hydrogen) atoms. The van der Waals surface area contributed by atoms with Crippen LogP contribution in [0.2, 0.25) is 0 Å². The van der Waals surface area contributed by atoms with Crippen molar-refractivity contribution < 1.29 is 13.2 Å². The van der Waals surface area contributed by atoms with Crippen molar-refractivity contribution in [3.63, 3.8) is 0 Å². The first-order chi connectivity index (χ1) is 9.06. The van der Waals surface area contributed by atoms with E-state index < -0.39 is 11.6 Å². The van der Waals surface area contributed by atoms with E-state index in [1.54, 1.807) is 13.0 Å². The van der Waals surface area contributed by atoms with E-state index in [4.69, 9.17) is 0 Å². The minimum atomic E-state index is -0.596. The van der Waals surface area contributed by atoms with Crippen LogP contribution < -0.4 is 5.32 Å². The Bertz CT molecular complexity index is 582. The predicted molar refractivity (Wildman–Crippen MR) is 68.0 cm³/mol. The Hall–Kier alpha value is -1.81. The van der Waals surface area contributed by atoms with Crippen LogP contribution in [0.5, 0.6) is 0 Å². The monoisotopic (exact) mass is 265 g/mol. The molecule has 0 bridgehead atoms. The summed E-state index contributed by atoms with van der Waals surface area (Å²) >= 11 is 0. The molecule has 0 aliphatic carbocycles. The Kier molecular flexibility index (Phi) is 4.22. The molecule has 0 saturated carbocycles. The van der Waals surface area contributed by atoms with Gasteiger partial charge in [-0.05, 0) is 30.2 Å². The van der Waals surface area contributed by atoms with E-state index in [0.717, 1.165) is 11.6 Å². The van der Waals surface area contributed by atoms with Crippen molar-refractivity contribution in [1.82, 2.24) is 5.32 Å². The second-order valence-corrected chi connectivity index (χ2v) is 4.42. The molecular weight excluding hydrogens is 251 g/mol. The molecule has 1 N–H and O–H groups in total. The zero-order chi connectivity index (χ0) is 13.8. The molecule has 0 heterocycles. The minimum Gasteiger partial charge on any atom is -0.309 e. The zero-order valence-electron chi connectivity index (χ0n) is 10.5. The number of hydrogen-bond acceptors (Lipinski definition) is 1. The van der Waals surface area contributed by atoms with E-state index >= 15 is 0 Å². The number of aryl methyl sites for hydroxylation is 1. The number of hydrogen-bond donors (Lipinski definition) is 1. The van der Waals surface area contributed by atoms with Crippen LogP contribution in [0.15, 0.2) is 36.4 Å². The van der Waals surface area contributed by atoms with Crippen LogP contribution in [-0.2, 0) is 13.1 Å². The smallest absolute Gasteiger partial charge is 0.130 e. The van der Waals surface area contributed by atoms with Gasteiger partial charge in [0.15, 0.2) is 0 Å². The Balaban J connectivity index is 1.94. The molecule has 2 aromatic carbocycles. The summed E-state index contributed by atoms with van der Waals surface area (Å²) < 4.78 is 39.4. The summed E-state index contributed by atoms with van der Waals surface area (Å²) in [6.45, 7) is 2.38. The average Bonchev–Trinajstić information content (AvgIpc) is 2.36. The second-order valence-electron chi connectivity index (χ2n) is 4.42. The number of nitrogens with one attached hydrogen (secondary N) is 1. The third kappa shape index (κ3) is 3.58. The molecule has 0 aliphatic rings. The maximum absolute atomic E-state index is 13.4. The lowest BCUT2D eigenvalue weighted by Crippen LogP contribution is -2.14. The predicted octanol–water partition coefficient (Wildman–Crippen LogP) is 3.70. The number of halogens is 3. The highest BCUT2D eigenvalue weighted by Crippen LogP contribution is 2.11. The van der Waals surface area contributed by atoms with Gasteiger partial charge in [0.25, 0.3) is 0 Å². The van der Waals surface area contributed by atoms with Gasteiger partial charge in [0.05, 0.1) is 0 Å². The number of benzene rings is 2. The molecule has 2 aromatic rings. The molecule has 0 spiro atoms. The molecule has 0 fully saturated rings. The van der Waals surface area contributed by atoms with E-state index in [1.807, 2.05) is 6.07 Å². The quantitative estimate of drug-likeness (QED) is 0.888. The van der Waals surface area contributed by atoms with Crippen molar-refractivity contribution >= 4 is 0 Å². The fourth-order valence-corrected chi connectivity index (χ4v) is 1.75. The lowest BCUT2D eigenvalue weighted by atomic mass is 10.1. The standard InChI is InChI=1S/C15H14F3N/c1-10-2-3-11(6-14(10)17)8-19-9-12-4-5-13(16)7-15(12)18/h2-7,19H,8-9H2,1H3. The Morgan fingerprint density at radius 2 is 1.68 bits per heavy atom. The van der Waals surface area contributed by atoms with Crippen molar-refractivity contribution in [3.8, 4) is 0 Å². The molecule has 0 aliphatic heterocycles. The first kappa shape index (κ1) is 13.6. The van der Waals surface area contributed by atoms with Crippen LogP contribution in [0.1, 0.15) is 16.7 Å². The van der Waals surface area contributed by atoms with Crippen molar-refractivity contribution in [2.75, 3.05) is 0 Å². The SMILES string of the molecule is Cc1ccc(CNCc2ccc(F)cc2F)cc1F. The van der Waals surface area contributed by atoms with Crippen molar-refractivity contribution in [2.24, 2.45) is 0 Å². The van der Waals surface area contributed by atoms with E-state index in [1.165, 1.54) is 18.2 Å². The molecule has 0 unspecified atom stereocenters. The van der Waals surface area contributed by atoms with Gasteiger partial charge in [-0.3, -0.25) is 0 Å². The van der Waals surface area contributed by atoms with Gasteiger partial charge in [-0.25, -0.2) is 13.2 Å².